The number of nitrogens with zero attached hydrogens (tertiary/aromatic N) is 5. The maximum atomic E-state index is 11.9. The number of benzene rings is 1. The number of likely N-dealkylation sites (tertiary alicyclic amines) is 1. The first-order valence-corrected chi connectivity index (χ1v) is 11.3. The lowest BCUT2D eigenvalue weighted by atomic mass is 9.71. The fourth-order valence-electron chi connectivity index (χ4n) is 4.77. The van der Waals surface area contributed by atoms with Crippen LogP contribution in [0, 0.1) is 5.41 Å². The van der Waals surface area contributed by atoms with Gasteiger partial charge in [0.2, 0.25) is 10.0 Å². The molecule has 3 heterocycles. The highest BCUT2D eigenvalue weighted by molar-refractivity contribution is 7.88. The van der Waals surface area contributed by atoms with Crippen molar-refractivity contribution in [1.82, 2.24) is 24.0 Å². The van der Waals surface area contributed by atoms with E-state index >= 15 is 0 Å². The Labute approximate surface area is 161 Å². The third kappa shape index (κ3) is 3.66. The van der Waals surface area contributed by atoms with Gasteiger partial charge in [0.05, 0.1) is 6.26 Å². The summed E-state index contributed by atoms with van der Waals surface area (Å²) in [4.78, 5) is 2.49. The summed E-state index contributed by atoms with van der Waals surface area (Å²) in [5.74, 6) is 1.29. The van der Waals surface area contributed by atoms with Gasteiger partial charge in [-0.1, -0.05) is 30.3 Å². The highest BCUT2D eigenvalue weighted by atomic mass is 32.2. The Morgan fingerprint density at radius 3 is 2.48 bits per heavy atom. The van der Waals surface area contributed by atoms with Crippen LogP contribution in [0.25, 0.3) is 0 Å². The van der Waals surface area contributed by atoms with Crippen LogP contribution < -0.4 is 0 Å². The van der Waals surface area contributed by atoms with Crippen LogP contribution in [-0.4, -0.2) is 64.8 Å². The number of aryl methyl sites for hydroxylation is 1. The van der Waals surface area contributed by atoms with Crippen LogP contribution in [0.3, 0.4) is 0 Å². The van der Waals surface area contributed by atoms with Gasteiger partial charge >= 0.3 is 0 Å². The first-order valence-electron chi connectivity index (χ1n) is 9.43. The minimum atomic E-state index is -3.13. The van der Waals surface area contributed by atoms with Crippen molar-refractivity contribution < 1.29 is 8.42 Å². The Hall–Kier alpha value is -1.77. The van der Waals surface area contributed by atoms with E-state index in [0.717, 1.165) is 38.3 Å². The van der Waals surface area contributed by atoms with Crippen molar-refractivity contribution in [2.75, 3.05) is 32.4 Å². The Balaban J connectivity index is 1.59. The summed E-state index contributed by atoms with van der Waals surface area (Å²) in [6, 6.07) is 10.5. The van der Waals surface area contributed by atoms with Crippen LogP contribution in [0.2, 0.25) is 0 Å². The number of aromatic nitrogens is 3. The molecule has 0 bridgehead atoms. The van der Waals surface area contributed by atoms with Gasteiger partial charge in [-0.15, -0.1) is 10.2 Å². The van der Waals surface area contributed by atoms with E-state index in [1.165, 1.54) is 11.8 Å². The van der Waals surface area contributed by atoms with Crippen LogP contribution in [0.15, 0.2) is 36.7 Å². The van der Waals surface area contributed by atoms with E-state index in [0.29, 0.717) is 13.1 Å². The molecule has 2 fully saturated rings. The zero-order chi connectivity index (χ0) is 19.1. The van der Waals surface area contributed by atoms with E-state index in [-0.39, 0.29) is 11.3 Å². The molecule has 0 saturated carbocycles. The smallest absolute Gasteiger partial charge is 0.211 e. The lowest BCUT2D eigenvalue weighted by Gasteiger charge is -2.41. The molecule has 1 aromatic heterocycles. The molecule has 0 radical (unpaired) electrons. The number of hydrogen-bond acceptors (Lipinski definition) is 5. The van der Waals surface area contributed by atoms with Crippen LogP contribution in [-0.2, 0) is 23.6 Å². The molecular formula is C19H27N5O2S. The van der Waals surface area contributed by atoms with E-state index in [9.17, 15) is 8.42 Å². The number of rotatable bonds is 4. The van der Waals surface area contributed by atoms with Crippen molar-refractivity contribution in [2.24, 2.45) is 12.5 Å². The second-order valence-electron chi connectivity index (χ2n) is 8.03. The molecule has 0 N–H and O–H groups in total. The molecule has 2 saturated heterocycles. The molecule has 1 aromatic carbocycles. The summed E-state index contributed by atoms with van der Waals surface area (Å²) in [6.07, 6.45) is 4.79. The molecule has 0 amide bonds. The van der Waals surface area contributed by atoms with E-state index in [1.54, 1.807) is 10.6 Å². The maximum absolute atomic E-state index is 11.9. The normalized spacial score (nSPS) is 23.9. The number of hydrogen-bond donors (Lipinski definition) is 0. The predicted molar refractivity (Wildman–Crippen MR) is 104 cm³/mol. The van der Waals surface area contributed by atoms with Crippen LogP contribution in [0.4, 0.5) is 0 Å². The summed E-state index contributed by atoms with van der Waals surface area (Å²) in [5.41, 5.74) is 1.36. The lowest BCUT2D eigenvalue weighted by molar-refractivity contribution is 0.137. The summed E-state index contributed by atoms with van der Waals surface area (Å²) in [6.45, 7) is 3.99. The van der Waals surface area contributed by atoms with Gasteiger partial charge < -0.3 is 4.57 Å². The van der Waals surface area contributed by atoms with Crippen molar-refractivity contribution >= 4 is 10.0 Å². The zero-order valence-corrected chi connectivity index (χ0v) is 16.8. The van der Waals surface area contributed by atoms with Gasteiger partial charge in [-0.3, -0.25) is 4.90 Å². The average Bonchev–Trinajstić information content (AvgIpc) is 3.19. The third-order valence-corrected chi connectivity index (χ3v) is 7.52. The Bertz CT molecular complexity index is 888. The maximum Gasteiger partial charge on any atom is 0.211 e. The van der Waals surface area contributed by atoms with Gasteiger partial charge in [-0.05, 0) is 23.8 Å². The minimum absolute atomic E-state index is 0.0523. The van der Waals surface area contributed by atoms with Crippen molar-refractivity contribution in [3.05, 3.63) is 48.0 Å². The fraction of sp³-hybridized carbons (Fsp3) is 0.579. The lowest BCUT2D eigenvalue weighted by Crippen LogP contribution is -2.45. The fourth-order valence-corrected chi connectivity index (χ4v) is 5.61. The second kappa shape index (κ2) is 7.00. The van der Waals surface area contributed by atoms with E-state index in [1.807, 2.05) is 17.7 Å². The highest BCUT2D eigenvalue weighted by Crippen LogP contribution is 2.49. The van der Waals surface area contributed by atoms with Gasteiger partial charge in [0.1, 0.15) is 12.2 Å². The van der Waals surface area contributed by atoms with Gasteiger partial charge in [-0.2, -0.15) is 0 Å². The summed E-state index contributed by atoms with van der Waals surface area (Å²) in [7, 11) is -1.13. The molecule has 1 spiro atoms. The molecule has 146 valence electrons. The standard InChI is InChI=1S/C19H27N5O2S/c1-22-15-20-21-18(22)17-13-23(12-16-6-4-3-5-7-16)14-19(17)8-10-24(11-9-19)27(2,25)26/h3-7,15,17H,8-14H2,1-2H3. The molecule has 8 heteroatoms. The average molecular weight is 390 g/mol. The van der Waals surface area contributed by atoms with Gasteiger partial charge in [0, 0.05) is 45.7 Å². The Morgan fingerprint density at radius 1 is 1.19 bits per heavy atom. The van der Waals surface area contributed by atoms with Crippen LogP contribution in [0.5, 0.6) is 0 Å². The monoisotopic (exact) mass is 389 g/mol. The van der Waals surface area contributed by atoms with E-state index < -0.39 is 10.0 Å². The van der Waals surface area contributed by atoms with Gasteiger partial charge in [0.25, 0.3) is 0 Å². The molecule has 2 aliphatic rings. The number of piperidine rings is 1. The molecule has 1 atom stereocenters. The van der Waals surface area contributed by atoms with E-state index in [4.69, 9.17) is 0 Å². The van der Waals surface area contributed by atoms with Crippen molar-refractivity contribution in [3.8, 4) is 0 Å². The summed E-state index contributed by atoms with van der Waals surface area (Å²) < 4.78 is 27.5. The largest absolute Gasteiger partial charge is 0.320 e. The first kappa shape index (κ1) is 18.6. The Kier molecular flexibility index (Phi) is 4.82. The minimum Gasteiger partial charge on any atom is -0.320 e. The van der Waals surface area contributed by atoms with E-state index in [2.05, 4.69) is 39.4 Å². The summed E-state index contributed by atoms with van der Waals surface area (Å²) in [5, 5.41) is 8.51. The first-order chi connectivity index (χ1) is 12.9. The van der Waals surface area contributed by atoms with Crippen LogP contribution in [0.1, 0.15) is 30.1 Å². The third-order valence-electron chi connectivity index (χ3n) is 6.21. The molecular weight excluding hydrogens is 362 g/mol. The second-order valence-corrected chi connectivity index (χ2v) is 10.0. The topological polar surface area (TPSA) is 71.3 Å². The zero-order valence-electron chi connectivity index (χ0n) is 16.0. The highest BCUT2D eigenvalue weighted by Gasteiger charge is 2.50. The van der Waals surface area contributed by atoms with Crippen LogP contribution >= 0.6 is 0 Å². The predicted octanol–water partition coefficient (Wildman–Crippen LogP) is 1.46. The van der Waals surface area contributed by atoms with Crippen molar-refractivity contribution in [2.45, 2.75) is 25.3 Å². The van der Waals surface area contributed by atoms with Crippen molar-refractivity contribution in [3.63, 3.8) is 0 Å². The quantitative estimate of drug-likeness (QED) is 0.792. The molecule has 2 aliphatic heterocycles. The molecule has 1 unspecified atom stereocenters. The van der Waals surface area contributed by atoms with Gasteiger partial charge in [-0.25, -0.2) is 12.7 Å². The van der Waals surface area contributed by atoms with Crippen molar-refractivity contribution in [1.29, 1.82) is 0 Å². The van der Waals surface area contributed by atoms with Gasteiger partial charge in [0.15, 0.2) is 0 Å². The number of sulfonamides is 1. The Morgan fingerprint density at radius 2 is 1.89 bits per heavy atom. The molecule has 2 aromatic rings. The molecule has 7 nitrogen and oxygen atoms in total. The molecule has 27 heavy (non-hydrogen) atoms. The summed E-state index contributed by atoms with van der Waals surface area (Å²) >= 11 is 0. The molecule has 4 rings (SSSR count). The molecule has 0 aliphatic carbocycles. The SMILES string of the molecule is Cn1cnnc1C1CN(Cc2ccccc2)CC12CCN(S(C)(=O)=O)CC2.